The van der Waals surface area contributed by atoms with Crippen LogP contribution in [0.25, 0.3) is 0 Å². The molecule has 0 fully saturated rings. The minimum atomic E-state index is -0.974. The minimum Gasteiger partial charge on any atom is -0.465 e. The fraction of sp³-hybridized carbons (Fsp3) is 0.231. The first-order valence-electron chi connectivity index (χ1n) is 5.12. The van der Waals surface area contributed by atoms with Gasteiger partial charge in [-0.15, -0.1) is 0 Å². The summed E-state index contributed by atoms with van der Waals surface area (Å²) in [5.41, 5.74) is -0.584. The number of nitriles is 1. The quantitative estimate of drug-likeness (QED) is 0.596. The average molecular weight is 249 g/mol. The molecule has 1 rings (SSSR count). The van der Waals surface area contributed by atoms with Crippen LogP contribution in [0.15, 0.2) is 12.1 Å². The van der Waals surface area contributed by atoms with Crippen molar-refractivity contribution in [3.8, 4) is 17.9 Å². The molecular formula is C13H9F2NO2. The van der Waals surface area contributed by atoms with Gasteiger partial charge in [-0.1, -0.05) is 11.8 Å². The molecule has 0 saturated carbocycles. The third-order valence-electron chi connectivity index (χ3n) is 1.92. The van der Waals surface area contributed by atoms with Crippen molar-refractivity contribution in [2.75, 3.05) is 6.61 Å². The van der Waals surface area contributed by atoms with Gasteiger partial charge in [-0.3, -0.25) is 4.79 Å². The number of halogens is 2. The first kappa shape index (κ1) is 13.7. The number of nitrogens with zero attached hydrogens (tertiary/aromatic N) is 1. The van der Waals surface area contributed by atoms with Gasteiger partial charge in [-0.25, -0.2) is 8.78 Å². The molecular weight excluding hydrogens is 240 g/mol. The molecule has 0 N–H and O–H groups in total. The van der Waals surface area contributed by atoms with Gasteiger partial charge in [0.15, 0.2) is 0 Å². The lowest BCUT2D eigenvalue weighted by atomic mass is 10.1. The normalized spacial score (nSPS) is 9.00. The van der Waals surface area contributed by atoms with Crippen molar-refractivity contribution >= 4 is 5.97 Å². The van der Waals surface area contributed by atoms with Crippen LogP contribution in [0.4, 0.5) is 8.78 Å². The number of benzene rings is 1. The molecule has 0 heterocycles. The van der Waals surface area contributed by atoms with Crippen molar-refractivity contribution in [1.82, 2.24) is 0 Å². The average Bonchev–Trinajstić information content (AvgIpc) is 2.29. The van der Waals surface area contributed by atoms with Gasteiger partial charge in [0.05, 0.1) is 6.61 Å². The molecule has 0 saturated heterocycles. The molecule has 92 valence electrons. The van der Waals surface area contributed by atoms with Crippen LogP contribution in [0.5, 0.6) is 0 Å². The van der Waals surface area contributed by atoms with E-state index in [4.69, 9.17) is 5.26 Å². The monoisotopic (exact) mass is 249 g/mol. The molecule has 5 heteroatoms. The Morgan fingerprint density at radius 2 is 2.00 bits per heavy atom. The molecule has 0 amide bonds. The maximum Gasteiger partial charge on any atom is 0.317 e. The standard InChI is InChI=1S/C13H9F2NO2/c1-2-18-13(17)5-3-4-9-6-11(14)10(8-16)12(15)7-9/h6-7H,2,5H2,1H3. The molecule has 0 aliphatic rings. The van der Waals surface area contributed by atoms with E-state index in [1.54, 1.807) is 6.92 Å². The van der Waals surface area contributed by atoms with Gasteiger partial charge in [0.1, 0.15) is 29.7 Å². The van der Waals surface area contributed by atoms with Crippen LogP contribution in [-0.2, 0) is 9.53 Å². The van der Waals surface area contributed by atoms with E-state index in [0.29, 0.717) is 0 Å². The Labute approximate surface area is 103 Å². The number of hydrogen-bond donors (Lipinski definition) is 0. The zero-order valence-corrected chi connectivity index (χ0v) is 9.59. The molecule has 1 aromatic rings. The van der Waals surface area contributed by atoms with Crippen molar-refractivity contribution in [3.05, 3.63) is 34.9 Å². The Morgan fingerprint density at radius 1 is 1.39 bits per heavy atom. The number of rotatable bonds is 2. The Balaban J connectivity index is 2.85. The summed E-state index contributed by atoms with van der Waals surface area (Å²) in [4.78, 5) is 11.0. The van der Waals surface area contributed by atoms with E-state index in [1.807, 2.05) is 0 Å². The Bertz CT molecular complexity index is 542. The van der Waals surface area contributed by atoms with Crippen molar-refractivity contribution in [2.45, 2.75) is 13.3 Å². The van der Waals surface area contributed by atoms with Crippen LogP contribution >= 0.6 is 0 Å². The van der Waals surface area contributed by atoms with Crippen LogP contribution < -0.4 is 0 Å². The topological polar surface area (TPSA) is 50.1 Å². The molecule has 0 aliphatic heterocycles. The number of carbonyl (C=O) groups excluding carboxylic acids is 1. The predicted octanol–water partition coefficient (Wildman–Crippen LogP) is 2.14. The smallest absolute Gasteiger partial charge is 0.317 e. The lowest BCUT2D eigenvalue weighted by molar-refractivity contribution is -0.141. The zero-order chi connectivity index (χ0) is 13.5. The molecule has 0 unspecified atom stereocenters. The largest absolute Gasteiger partial charge is 0.465 e. The lowest BCUT2D eigenvalue weighted by Crippen LogP contribution is -2.01. The summed E-state index contributed by atoms with van der Waals surface area (Å²) in [6, 6.07) is 3.30. The highest BCUT2D eigenvalue weighted by molar-refractivity contribution is 5.72. The van der Waals surface area contributed by atoms with E-state index in [9.17, 15) is 13.6 Å². The molecule has 0 spiro atoms. The molecule has 1 aromatic carbocycles. The second kappa shape index (κ2) is 6.36. The minimum absolute atomic E-state index is 0.0632. The Kier molecular flexibility index (Phi) is 4.83. The molecule has 0 radical (unpaired) electrons. The van der Waals surface area contributed by atoms with Crippen molar-refractivity contribution in [1.29, 1.82) is 5.26 Å². The highest BCUT2D eigenvalue weighted by atomic mass is 19.1. The highest BCUT2D eigenvalue weighted by Gasteiger charge is 2.09. The Morgan fingerprint density at radius 3 is 2.50 bits per heavy atom. The van der Waals surface area contributed by atoms with E-state index in [0.717, 1.165) is 12.1 Å². The van der Waals surface area contributed by atoms with E-state index in [1.165, 1.54) is 6.07 Å². The summed E-state index contributed by atoms with van der Waals surface area (Å²) >= 11 is 0. The van der Waals surface area contributed by atoms with Gasteiger partial charge in [-0.2, -0.15) is 5.26 Å². The van der Waals surface area contributed by atoms with Gasteiger partial charge in [0.25, 0.3) is 0 Å². The van der Waals surface area contributed by atoms with Gasteiger partial charge in [0, 0.05) is 5.56 Å². The molecule has 0 atom stereocenters. The summed E-state index contributed by atoms with van der Waals surface area (Å²) in [6.07, 6.45) is -0.156. The van der Waals surface area contributed by atoms with E-state index in [-0.39, 0.29) is 18.6 Å². The van der Waals surface area contributed by atoms with Gasteiger partial charge < -0.3 is 4.74 Å². The Hall–Kier alpha value is -2.40. The highest BCUT2D eigenvalue weighted by Crippen LogP contribution is 2.13. The second-order valence-electron chi connectivity index (χ2n) is 3.21. The van der Waals surface area contributed by atoms with Crippen LogP contribution in [0.1, 0.15) is 24.5 Å². The molecule has 3 nitrogen and oxygen atoms in total. The maximum absolute atomic E-state index is 13.2. The molecule has 18 heavy (non-hydrogen) atoms. The third kappa shape index (κ3) is 3.57. The number of esters is 1. The zero-order valence-electron chi connectivity index (χ0n) is 9.59. The van der Waals surface area contributed by atoms with Crippen LogP contribution in [0.2, 0.25) is 0 Å². The number of ether oxygens (including phenoxy) is 1. The first-order chi connectivity index (χ1) is 8.58. The third-order valence-corrected chi connectivity index (χ3v) is 1.92. The van der Waals surface area contributed by atoms with Gasteiger partial charge in [0.2, 0.25) is 0 Å². The van der Waals surface area contributed by atoms with Crippen molar-refractivity contribution < 1.29 is 18.3 Å². The summed E-state index contributed by atoms with van der Waals surface area (Å²) in [5, 5.41) is 8.47. The fourth-order valence-electron chi connectivity index (χ4n) is 1.18. The molecule has 0 bridgehead atoms. The van der Waals surface area contributed by atoms with Crippen LogP contribution in [-0.4, -0.2) is 12.6 Å². The number of carbonyl (C=O) groups is 1. The van der Waals surface area contributed by atoms with Crippen molar-refractivity contribution in [2.24, 2.45) is 0 Å². The lowest BCUT2D eigenvalue weighted by Gasteiger charge is -1.97. The molecule has 0 aromatic heterocycles. The van der Waals surface area contributed by atoms with E-state index < -0.39 is 23.2 Å². The first-order valence-corrected chi connectivity index (χ1v) is 5.12. The van der Waals surface area contributed by atoms with Crippen molar-refractivity contribution in [3.63, 3.8) is 0 Å². The SMILES string of the molecule is CCOC(=O)CC#Cc1cc(F)c(C#N)c(F)c1. The van der Waals surface area contributed by atoms with E-state index >= 15 is 0 Å². The summed E-state index contributed by atoms with van der Waals surface area (Å²) in [5.74, 6) is 2.42. The predicted molar refractivity (Wildman–Crippen MR) is 59.2 cm³/mol. The maximum atomic E-state index is 13.2. The second-order valence-corrected chi connectivity index (χ2v) is 3.21. The summed E-state index contributed by atoms with van der Waals surface area (Å²) in [6.45, 7) is 1.91. The van der Waals surface area contributed by atoms with Crippen LogP contribution in [0.3, 0.4) is 0 Å². The van der Waals surface area contributed by atoms with Gasteiger partial charge >= 0.3 is 5.97 Å². The molecule has 0 aliphatic carbocycles. The number of hydrogen-bond acceptors (Lipinski definition) is 3. The van der Waals surface area contributed by atoms with E-state index in [2.05, 4.69) is 16.6 Å². The van der Waals surface area contributed by atoms with Gasteiger partial charge in [-0.05, 0) is 19.1 Å². The van der Waals surface area contributed by atoms with Crippen LogP contribution in [0, 0.1) is 34.8 Å². The fourth-order valence-corrected chi connectivity index (χ4v) is 1.18. The summed E-state index contributed by atoms with van der Waals surface area (Å²) in [7, 11) is 0. The summed E-state index contributed by atoms with van der Waals surface area (Å²) < 4.78 is 31.0.